The number of fused-ring (bicyclic) bond motifs is 1. The van der Waals surface area contributed by atoms with E-state index in [-0.39, 0.29) is 0 Å². The fraction of sp³-hybridized carbons (Fsp3) is 0.429. The van der Waals surface area contributed by atoms with Crippen LogP contribution in [-0.4, -0.2) is 5.11 Å². The number of hydrogen-bond donors (Lipinski definition) is 1. The molecule has 0 aliphatic heterocycles. The summed E-state index contributed by atoms with van der Waals surface area (Å²) >= 11 is 0. The summed E-state index contributed by atoms with van der Waals surface area (Å²) in [5, 5.41) is 10.6. The fourth-order valence-corrected chi connectivity index (χ4v) is 2.41. The second-order valence-electron chi connectivity index (χ2n) is 4.28. The first-order chi connectivity index (χ1) is 7.26. The Morgan fingerprint density at radius 1 is 1.33 bits per heavy atom. The maximum absolute atomic E-state index is 10.6. The van der Waals surface area contributed by atoms with E-state index in [0.717, 1.165) is 31.2 Å². The van der Waals surface area contributed by atoms with Gasteiger partial charge in [0.1, 0.15) is 5.60 Å². The second-order valence-corrected chi connectivity index (χ2v) is 4.28. The Hall–Kier alpha value is -1.26. The molecule has 1 aliphatic rings. The van der Waals surface area contributed by atoms with Crippen molar-refractivity contribution in [1.82, 2.24) is 0 Å². The van der Waals surface area contributed by atoms with Gasteiger partial charge in [0, 0.05) is 6.42 Å². The monoisotopic (exact) mass is 200 g/mol. The van der Waals surface area contributed by atoms with Crippen molar-refractivity contribution in [1.29, 1.82) is 0 Å². The molecule has 15 heavy (non-hydrogen) atoms. The Morgan fingerprint density at radius 2 is 2.13 bits per heavy atom. The highest BCUT2D eigenvalue weighted by atomic mass is 16.3. The Bertz CT molecular complexity index is 389. The molecule has 1 atom stereocenters. The highest BCUT2D eigenvalue weighted by molar-refractivity contribution is 5.34. The highest BCUT2D eigenvalue weighted by Gasteiger charge is 2.31. The van der Waals surface area contributed by atoms with E-state index < -0.39 is 5.60 Å². The van der Waals surface area contributed by atoms with Gasteiger partial charge in [-0.05, 0) is 36.8 Å². The molecule has 1 heteroatoms. The van der Waals surface area contributed by atoms with Gasteiger partial charge in [0.15, 0.2) is 0 Å². The van der Waals surface area contributed by atoms with Crippen LogP contribution >= 0.6 is 0 Å². The molecule has 78 valence electrons. The maximum Gasteiger partial charge on any atom is 0.101 e. The molecule has 0 spiro atoms. The van der Waals surface area contributed by atoms with Crippen molar-refractivity contribution in [2.45, 2.75) is 37.7 Å². The third-order valence-corrected chi connectivity index (χ3v) is 3.20. The number of terminal acetylenes is 1. The SMILES string of the molecule is C#CCC1(O)CCCCc2ccccc21. The Balaban J connectivity index is 2.46. The Morgan fingerprint density at radius 3 is 2.93 bits per heavy atom. The molecule has 1 nitrogen and oxygen atoms in total. The van der Waals surface area contributed by atoms with Gasteiger partial charge in [-0.25, -0.2) is 0 Å². The van der Waals surface area contributed by atoms with Gasteiger partial charge in [-0.2, -0.15) is 0 Å². The summed E-state index contributed by atoms with van der Waals surface area (Å²) in [6.45, 7) is 0. The number of rotatable bonds is 1. The van der Waals surface area contributed by atoms with Crippen LogP contribution in [0, 0.1) is 12.3 Å². The largest absolute Gasteiger partial charge is 0.384 e. The van der Waals surface area contributed by atoms with Gasteiger partial charge in [-0.15, -0.1) is 12.3 Å². The predicted molar refractivity (Wildman–Crippen MR) is 61.3 cm³/mol. The first kappa shape index (κ1) is 10.3. The molecule has 0 amide bonds. The second kappa shape index (κ2) is 4.08. The summed E-state index contributed by atoms with van der Waals surface area (Å²) in [5.74, 6) is 2.60. The van der Waals surface area contributed by atoms with Gasteiger partial charge in [0.2, 0.25) is 0 Å². The van der Waals surface area contributed by atoms with Crippen molar-refractivity contribution in [3.8, 4) is 12.3 Å². The molecule has 0 heterocycles. The van der Waals surface area contributed by atoms with Crippen molar-refractivity contribution in [2.24, 2.45) is 0 Å². The molecule has 1 unspecified atom stereocenters. The Kier molecular flexibility index (Phi) is 2.79. The van der Waals surface area contributed by atoms with E-state index in [0.29, 0.717) is 6.42 Å². The standard InChI is InChI=1S/C14H16O/c1-2-10-14(15)11-6-5-8-12-7-3-4-9-13(12)14/h1,3-4,7,9,15H,5-6,8,10-11H2. The fourth-order valence-electron chi connectivity index (χ4n) is 2.41. The molecule has 0 aromatic heterocycles. The van der Waals surface area contributed by atoms with E-state index in [1.165, 1.54) is 5.56 Å². The van der Waals surface area contributed by atoms with Crippen LogP contribution in [-0.2, 0) is 12.0 Å². The molecule has 1 aromatic carbocycles. The highest BCUT2D eigenvalue weighted by Crippen LogP contribution is 2.36. The smallest absolute Gasteiger partial charge is 0.101 e. The van der Waals surface area contributed by atoms with Gasteiger partial charge in [0.25, 0.3) is 0 Å². The lowest BCUT2D eigenvalue weighted by molar-refractivity contribution is 0.0322. The summed E-state index contributed by atoms with van der Waals surface area (Å²) in [6.07, 6.45) is 9.80. The zero-order chi connectivity index (χ0) is 10.7. The van der Waals surface area contributed by atoms with E-state index in [1.807, 2.05) is 18.2 Å². The molecular formula is C14H16O. The predicted octanol–water partition coefficient (Wildman–Crippen LogP) is 2.62. The molecule has 0 radical (unpaired) electrons. The van der Waals surface area contributed by atoms with Crippen LogP contribution in [0.2, 0.25) is 0 Å². The van der Waals surface area contributed by atoms with Crippen molar-refractivity contribution >= 4 is 0 Å². The minimum Gasteiger partial charge on any atom is -0.384 e. The zero-order valence-electron chi connectivity index (χ0n) is 8.87. The zero-order valence-corrected chi connectivity index (χ0v) is 8.87. The van der Waals surface area contributed by atoms with Gasteiger partial charge in [-0.3, -0.25) is 0 Å². The third-order valence-electron chi connectivity index (χ3n) is 3.20. The lowest BCUT2D eigenvalue weighted by atomic mass is 9.85. The quantitative estimate of drug-likeness (QED) is 0.546. The van der Waals surface area contributed by atoms with Crippen molar-refractivity contribution in [3.63, 3.8) is 0 Å². The molecule has 1 aromatic rings. The molecule has 0 bridgehead atoms. The molecule has 0 saturated heterocycles. The average molecular weight is 200 g/mol. The van der Waals surface area contributed by atoms with Crippen molar-refractivity contribution in [3.05, 3.63) is 35.4 Å². The lowest BCUT2D eigenvalue weighted by Gasteiger charge is -2.26. The first-order valence-electron chi connectivity index (χ1n) is 5.50. The summed E-state index contributed by atoms with van der Waals surface area (Å²) < 4.78 is 0. The van der Waals surface area contributed by atoms with Crippen LogP contribution in [0.15, 0.2) is 24.3 Å². The van der Waals surface area contributed by atoms with E-state index in [4.69, 9.17) is 6.42 Å². The molecule has 1 N–H and O–H groups in total. The molecule has 2 rings (SSSR count). The van der Waals surface area contributed by atoms with E-state index in [9.17, 15) is 5.11 Å². The van der Waals surface area contributed by atoms with Crippen LogP contribution in [0.1, 0.15) is 36.8 Å². The van der Waals surface area contributed by atoms with Crippen LogP contribution in [0.5, 0.6) is 0 Å². The van der Waals surface area contributed by atoms with Gasteiger partial charge < -0.3 is 5.11 Å². The number of benzene rings is 1. The van der Waals surface area contributed by atoms with Crippen LogP contribution in [0.25, 0.3) is 0 Å². The number of hydrogen-bond acceptors (Lipinski definition) is 1. The van der Waals surface area contributed by atoms with E-state index >= 15 is 0 Å². The topological polar surface area (TPSA) is 20.2 Å². The molecule has 0 fully saturated rings. The molecular weight excluding hydrogens is 184 g/mol. The average Bonchev–Trinajstić information content (AvgIpc) is 2.40. The minimum atomic E-state index is -0.790. The van der Waals surface area contributed by atoms with Crippen LogP contribution < -0.4 is 0 Å². The van der Waals surface area contributed by atoms with Gasteiger partial charge in [-0.1, -0.05) is 24.3 Å². The third kappa shape index (κ3) is 1.91. The van der Waals surface area contributed by atoms with Crippen molar-refractivity contribution in [2.75, 3.05) is 0 Å². The summed E-state index contributed by atoms with van der Waals surface area (Å²) in [5.41, 5.74) is 1.51. The maximum atomic E-state index is 10.6. The van der Waals surface area contributed by atoms with Crippen LogP contribution in [0.3, 0.4) is 0 Å². The van der Waals surface area contributed by atoms with Gasteiger partial charge in [0.05, 0.1) is 0 Å². The first-order valence-corrected chi connectivity index (χ1v) is 5.50. The lowest BCUT2D eigenvalue weighted by Crippen LogP contribution is -2.25. The number of aryl methyl sites for hydroxylation is 1. The molecule has 0 saturated carbocycles. The molecule has 1 aliphatic carbocycles. The summed E-state index contributed by atoms with van der Waals surface area (Å²) in [7, 11) is 0. The van der Waals surface area contributed by atoms with E-state index in [2.05, 4.69) is 12.0 Å². The summed E-state index contributed by atoms with van der Waals surface area (Å²) in [6, 6.07) is 8.12. The Labute approximate surface area is 91.1 Å². The van der Waals surface area contributed by atoms with Gasteiger partial charge >= 0.3 is 0 Å². The van der Waals surface area contributed by atoms with Crippen molar-refractivity contribution < 1.29 is 5.11 Å². The normalized spacial score (nSPS) is 25.1. The summed E-state index contributed by atoms with van der Waals surface area (Å²) in [4.78, 5) is 0. The van der Waals surface area contributed by atoms with Crippen LogP contribution in [0.4, 0.5) is 0 Å². The van der Waals surface area contributed by atoms with E-state index in [1.54, 1.807) is 0 Å². The minimum absolute atomic E-state index is 0.421. The number of aliphatic hydroxyl groups is 1.